The summed E-state index contributed by atoms with van der Waals surface area (Å²) in [6.45, 7) is 0. The molecule has 0 saturated carbocycles. The predicted octanol–water partition coefficient (Wildman–Crippen LogP) is 3.56. The van der Waals surface area contributed by atoms with E-state index in [1.807, 2.05) is 35.7 Å². The van der Waals surface area contributed by atoms with Crippen molar-refractivity contribution < 1.29 is 4.39 Å². The molecule has 1 fully saturated rings. The molecule has 0 unspecified atom stereocenters. The van der Waals surface area contributed by atoms with E-state index in [1.165, 1.54) is 17.9 Å². The van der Waals surface area contributed by atoms with Crippen LogP contribution in [-0.2, 0) is 6.42 Å². The Morgan fingerprint density at radius 3 is 2.64 bits per heavy atom. The largest absolute Gasteiger partial charge is 0.207 e. The van der Waals surface area contributed by atoms with Gasteiger partial charge in [-0.2, -0.15) is 0 Å². The summed E-state index contributed by atoms with van der Waals surface area (Å²) in [5, 5.41) is 0. The van der Waals surface area contributed by atoms with E-state index in [-0.39, 0.29) is 5.82 Å². The maximum absolute atomic E-state index is 13.3. The van der Waals surface area contributed by atoms with Crippen molar-refractivity contribution in [2.45, 2.75) is 17.4 Å². The predicted molar refractivity (Wildman–Crippen MR) is 63.4 cm³/mol. The van der Waals surface area contributed by atoms with E-state index in [1.54, 1.807) is 12.1 Å². The zero-order chi connectivity index (χ0) is 9.80. The van der Waals surface area contributed by atoms with Gasteiger partial charge >= 0.3 is 0 Å². The van der Waals surface area contributed by atoms with E-state index in [0.29, 0.717) is 4.58 Å². The lowest BCUT2D eigenvalue weighted by Crippen LogP contribution is -2.10. The van der Waals surface area contributed by atoms with Gasteiger partial charge < -0.3 is 0 Å². The molecule has 0 N–H and O–H groups in total. The van der Waals surface area contributed by atoms with Crippen LogP contribution in [0, 0.1) is 5.82 Å². The second-order valence-corrected chi connectivity index (χ2v) is 6.24. The van der Waals surface area contributed by atoms with Crippen molar-refractivity contribution in [1.82, 2.24) is 0 Å². The van der Waals surface area contributed by atoms with Crippen LogP contribution in [0.1, 0.15) is 12.0 Å². The molecule has 0 aliphatic carbocycles. The Morgan fingerprint density at radius 2 is 1.93 bits per heavy atom. The van der Waals surface area contributed by atoms with Crippen LogP contribution in [0.2, 0.25) is 0 Å². The Morgan fingerprint density at radius 1 is 1.21 bits per heavy atom. The van der Waals surface area contributed by atoms with Crippen molar-refractivity contribution in [3.8, 4) is 0 Å². The minimum atomic E-state index is -0.0562. The van der Waals surface area contributed by atoms with Crippen LogP contribution in [0.15, 0.2) is 24.3 Å². The molecule has 0 bridgehead atoms. The van der Waals surface area contributed by atoms with E-state index < -0.39 is 0 Å². The molecule has 76 valence electrons. The van der Waals surface area contributed by atoms with Crippen LogP contribution in [0.4, 0.5) is 4.39 Å². The van der Waals surface area contributed by atoms with Gasteiger partial charge in [0.1, 0.15) is 5.82 Å². The number of benzene rings is 1. The van der Waals surface area contributed by atoms with Crippen LogP contribution >= 0.6 is 23.5 Å². The Kier molecular flexibility index (Phi) is 3.76. The highest BCUT2D eigenvalue weighted by atomic mass is 32.2. The third-order valence-corrected chi connectivity index (χ3v) is 5.18. The summed E-state index contributed by atoms with van der Waals surface area (Å²) in [5.74, 6) is 2.40. The average Bonchev–Trinajstić information content (AvgIpc) is 2.23. The van der Waals surface area contributed by atoms with E-state index in [9.17, 15) is 4.39 Å². The Hall–Kier alpha value is -0.150. The third-order valence-electron chi connectivity index (χ3n) is 2.24. The molecule has 1 aliphatic heterocycles. The molecule has 14 heavy (non-hydrogen) atoms. The standard InChI is InChI=1S/C11H13FS2/c12-10-5-2-1-4-9(10)8-11-13-6-3-7-14-11/h1-2,4-5,11H,3,6-8H2. The molecule has 1 aromatic carbocycles. The Bertz CT molecular complexity index is 295. The molecule has 1 aromatic rings. The van der Waals surface area contributed by atoms with Crippen molar-refractivity contribution in [2.75, 3.05) is 11.5 Å². The Balaban J connectivity index is 1.99. The normalized spacial score (nSPS) is 18.4. The first kappa shape index (κ1) is 10.4. The fourth-order valence-electron chi connectivity index (χ4n) is 1.50. The van der Waals surface area contributed by atoms with Gasteiger partial charge in [-0.25, -0.2) is 4.39 Å². The van der Waals surface area contributed by atoms with E-state index in [2.05, 4.69) is 0 Å². The zero-order valence-corrected chi connectivity index (χ0v) is 9.54. The van der Waals surface area contributed by atoms with Gasteiger partial charge in [-0.15, -0.1) is 23.5 Å². The maximum atomic E-state index is 13.3. The third kappa shape index (κ3) is 2.67. The number of hydrogen-bond donors (Lipinski definition) is 0. The summed E-state index contributed by atoms with van der Waals surface area (Å²) in [6.07, 6.45) is 2.16. The van der Waals surface area contributed by atoms with Crippen molar-refractivity contribution in [2.24, 2.45) is 0 Å². The molecule has 1 saturated heterocycles. The topological polar surface area (TPSA) is 0 Å². The van der Waals surface area contributed by atoms with Gasteiger partial charge in [0.25, 0.3) is 0 Å². The highest BCUT2D eigenvalue weighted by Gasteiger charge is 2.16. The summed E-state index contributed by atoms with van der Waals surface area (Å²) >= 11 is 3.93. The molecule has 0 atom stereocenters. The first-order valence-corrected chi connectivity index (χ1v) is 6.92. The number of halogens is 1. The maximum Gasteiger partial charge on any atom is 0.126 e. The lowest BCUT2D eigenvalue weighted by atomic mass is 10.1. The van der Waals surface area contributed by atoms with E-state index >= 15 is 0 Å². The molecule has 0 nitrogen and oxygen atoms in total. The molecular weight excluding hydrogens is 215 g/mol. The van der Waals surface area contributed by atoms with Crippen LogP contribution in [-0.4, -0.2) is 16.1 Å². The smallest absolute Gasteiger partial charge is 0.126 e. The van der Waals surface area contributed by atoms with Gasteiger partial charge in [0.05, 0.1) is 4.58 Å². The van der Waals surface area contributed by atoms with E-state index in [0.717, 1.165) is 12.0 Å². The molecular formula is C11H13FS2. The second-order valence-electron chi connectivity index (χ2n) is 3.32. The van der Waals surface area contributed by atoms with Gasteiger partial charge in [-0.05, 0) is 36.0 Å². The molecule has 0 aromatic heterocycles. The minimum absolute atomic E-state index is 0.0562. The van der Waals surface area contributed by atoms with Gasteiger partial charge in [-0.3, -0.25) is 0 Å². The first-order chi connectivity index (χ1) is 6.86. The summed E-state index contributed by atoms with van der Waals surface area (Å²) in [4.78, 5) is 0. The highest BCUT2D eigenvalue weighted by Crippen LogP contribution is 2.33. The van der Waals surface area contributed by atoms with Crippen molar-refractivity contribution in [3.63, 3.8) is 0 Å². The van der Waals surface area contributed by atoms with Crippen LogP contribution < -0.4 is 0 Å². The van der Waals surface area contributed by atoms with Crippen LogP contribution in [0.3, 0.4) is 0 Å². The summed E-state index contributed by atoms with van der Waals surface area (Å²) in [5.41, 5.74) is 0.861. The molecule has 2 rings (SSSR count). The summed E-state index contributed by atoms with van der Waals surface area (Å²) in [7, 11) is 0. The fraction of sp³-hybridized carbons (Fsp3) is 0.455. The highest BCUT2D eigenvalue weighted by molar-refractivity contribution is 8.17. The van der Waals surface area contributed by atoms with Crippen molar-refractivity contribution >= 4 is 23.5 Å². The number of hydrogen-bond acceptors (Lipinski definition) is 2. The monoisotopic (exact) mass is 228 g/mol. The zero-order valence-electron chi connectivity index (χ0n) is 7.91. The van der Waals surface area contributed by atoms with Gasteiger partial charge in [0.15, 0.2) is 0 Å². The second kappa shape index (κ2) is 5.08. The number of thioether (sulfide) groups is 2. The first-order valence-electron chi connectivity index (χ1n) is 4.83. The van der Waals surface area contributed by atoms with Crippen LogP contribution in [0.5, 0.6) is 0 Å². The van der Waals surface area contributed by atoms with Gasteiger partial charge in [0.2, 0.25) is 0 Å². The SMILES string of the molecule is Fc1ccccc1CC1SCCCS1. The molecule has 0 radical (unpaired) electrons. The lowest BCUT2D eigenvalue weighted by molar-refractivity contribution is 0.611. The molecule has 1 heterocycles. The fourth-order valence-corrected chi connectivity index (χ4v) is 4.39. The lowest BCUT2D eigenvalue weighted by Gasteiger charge is -2.20. The van der Waals surface area contributed by atoms with Crippen LogP contribution in [0.25, 0.3) is 0 Å². The summed E-state index contributed by atoms with van der Waals surface area (Å²) in [6, 6.07) is 7.11. The quantitative estimate of drug-likeness (QED) is 0.759. The number of rotatable bonds is 2. The summed E-state index contributed by atoms with van der Waals surface area (Å²) < 4.78 is 13.9. The molecule has 0 spiro atoms. The van der Waals surface area contributed by atoms with Gasteiger partial charge in [-0.1, -0.05) is 18.2 Å². The average molecular weight is 228 g/mol. The molecule has 1 aliphatic rings. The van der Waals surface area contributed by atoms with Gasteiger partial charge in [0, 0.05) is 0 Å². The van der Waals surface area contributed by atoms with E-state index in [4.69, 9.17) is 0 Å². The molecule has 3 heteroatoms. The minimum Gasteiger partial charge on any atom is -0.207 e. The Labute approximate surface area is 92.7 Å². The van der Waals surface area contributed by atoms with Crippen molar-refractivity contribution in [1.29, 1.82) is 0 Å². The van der Waals surface area contributed by atoms with Crippen molar-refractivity contribution in [3.05, 3.63) is 35.6 Å². The molecule has 0 amide bonds.